The van der Waals surface area contributed by atoms with Gasteiger partial charge in [0.15, 0.2) is 0 Å². The summed E-state index contributed by atoms with van der Waals surface area (Å²) in [5, 5.41) is 14.4. The van der Waals surface area contributed by atoms with Gasteiger partial charge in [-0.15, -0.1) is 0 Å². The fourth-order valence-corrected chi connectivity index (χ4v) is 2.44. The number of urea groups is 1. The zero-order chi connectivity index (χ0) is 14.5. The van der Waals surface area contributed by atoms with Gasteiger partial charge in [0, 0.05) is 25.7 Å². The van der Waals surface area contributed by atoms with Crippen molar-refractivity contribution in [3.05, 3.63) is 0 Å². The molecule has 1 saturated carbocycles. The molecular formula is C13H23N3O4. The number of ether oxygens (including phenoxy) is 1. The number of nitrogens with one attached hydrogen (secondary N) is 2. The molecule has 114 valence electrons. The molecule has 0 spiro atoms. The number of carbonyl (C=O) groups is 2. The monoisotopic (exact) mass is 285 g/mol. The normalized spacial score (nSPS) is 24.9. The van der Waals surface area contributed by atoms with E-state index in [0.717, 1.165) is 25.9 Å². The molecule has 2 rings (SSSR count). The molecule has 0 bridgehead atoms. The van der Waals surface area contributed by atoms with E-state index in [1.54, 1.807) is 0 Å². The second-order valence-electron chi connectivity index (χ2n) is 5.65. The minimum atomic E-state index is -0.876. The lowest BCUT2D eigenvalue weighted by molar-refractivity contribution is -0.137. The van der Waals surface area contributed by atoms with E-state index < -0.39 is 5.97 Å². The molecule has 2 aliphatic rings. The minimum absolute atomic E-state index is 0.00153. The van der Waals surface area contributed by atoms with Gasteiger partial charge in [-0.3, -0.25) is 4.79 Å². The van der Waals surface area contributed by atoms with Crippen LogP contribution in [0, 0.1) is 5.92 Å². The van der Waals surface area contributed by atoms with E-state index in [1.165, 1.54) is 0 Å². The van der Waals surface area contributed by atoms with E-state index in [9.17, 15) is 9.59 Å². The number of carboxylic acid groups (broad SMARTS) is 1. The van der Waals surface area contributed by atoms with Crippen molar-refractivity contribution in [1.82, 2.24) is 15.5 Å². The van der Waals surface area contributed by atoms with Crippen LogP contribution in [0.1, 0.15) is 19.3 Å². The van der Waals surface area contributed by atoms with Crippen LogP contribution < -0.4 is 10.6 Å². The highest BCUT2D eigenvalue weighted by Gasteiger charge is 2.33. The molecule has 2 amide bonds. The second kappa shape index (κ2) is 6.90. The van der Waals surface area contributed by atoms with E-state index >= 15 is 0 Å². The summed E-state index contributed by atoms with van der Waals surface area (Å²) in [5.41, 5.74) is 0. The molecule has 3 N–H and O–H groups in total. The largest absolute Gasteiger partial charge is 0.481 e. The summed E-state index contributed by atoms with van der Waals surface area (Å²) >= 11 is 0. The first kappa shape index (κ1) is 15.1. The third-order valence-corrected chi connectivity index (χ3v) is 3.73. The Kier molecular flexibility index (Phi) is 5.19. The van der Waals surface area contributed by atoms with Crippen molar-refractivity contribution in [2.75, 3.05) is 33.3 Å². The van der Waals surface area contributed by atoms with Gasteiger partial charge in [-0.2, -0.15) is 0 Å². The second-order valence-corrected chi connectivity index (χ2v) is 5.65. The van der Waals surface area contributed by atoms with Crippen LogP contribution in [-0.4, -0.2) is 67.4 Å². The summed E-state index contributed by atoms with van der Waals surface area (Å²) in [6.45, 7) is 2.82. The van der Waals surface area contributed by atoms with Crippen LogP contribution in [0.3, 0.4) is 0 Å². The number of hydrogen-bond donors (Lipinski definition) is 3. The van der Waals surface area contributed by atoms with Gasteiger partial charge in [-0.1, -0.05) is 0 Å². The summed E-state index contributed by atoms with van der Waals surface area (Å²) in [6.07, 6.45) is 1.97. The van der Waals surface area contributed by atoms with Crippen molar-refractivity contribution in [3.8, 4) is 0 Å². The highest BCUT2D eigenvalue weighted by molar-refractivity contribution is 5.75. The Balaban J connectivity index is 1.69. The first-order valence-electron chi connectivity index (χ1n) is 7.11. The Morgan fingerprint density at radius 1 is 1.45 bits per heavy atom. The van der Waals surface area contributed by atoms with Crippen LogP contribution in [0.2, 0.25) is 0 Å². The number of likely N-dealkylation sites (N-methyl/N-ethyl adjacent to an activating group) is 1. The smallest absolute Gasteiger partial charge is 0.315 e. The zero-order valence-electron chi connectivity index (χ0n) is 11.8. The summed E-state index contributed by atoms with van der Waals surface area (Å²) in [7, 11) is 2.02. The molecule has 0 radical (unpaired) electrons. The summed E-state index contributed by atoms with van der Waals surface area (Å²) in [5.74, 6) is -0.562. The number of rotatable bonds is 6. The lowest BCUT2D eigenvalue weighted by Gasteiger charge is -2.30. The van der Waals surface area contributed by atoms with Gasteiger partial charge < -0.3 is 25.4 Å². The average molecular weight is 285 g/mol. The fraction of sp³-hybridized carbons (Fsp3) is 0.846. The summed E-state index contributed by atoms with van der Waals surface area (Å²) in [4.78, 5) is 24.7. The molecule has 2 atom stereocenters. The molecule has 1 aliphatic carbocycles. The highest BCUT2D eigenvalue weighted by atomic mass is 16.5. The van der Waals surface area contributed by atoms with Gasteiger partial charge in [0.1, 0.15) is 0 Å². The van der Waals surface area contributed by atoms with Crippen LogP contribution in [0.5, 0.6) is 0 Å². The number of hydrogen-bond acceptors (Lipinski definition) is 4. The molecule has 0 aromatic heterocycles. The molecule has 1 saturated heterocycles. The number of aliphatic carboxylic acids is 1. The topological polar surface area (TPSA) is 90.9 Å². The third kappa shape index (κ3) is 4.97. The molecule has 1 heterocycles. The Hall–Kier alpha value is -1.34. The SMILES string of the molecule is CN1CCOC(CNC(=O)NC(CC(=O)O)C2CC2)C1. The predicted molar refractivity (Wildman–Crippen MR) is 72.5 cm³/mol. The molecule has 0 aromatic carbocycles. The summed E-state index contributed by atoms with van der Waals surface area (Å²) in [6, 6.07) is -0.567. The molecule has 2 fully saturated rings. The van der Waals surface area contributed by atoms with Gasteiger partial charge in [0.05, 0.1) is 19.1 Å². The lowest BCUT2D eigenvalue weighted by Crippen LogP contribution is -2.50. The number of carbonyl (C=O) groups excluding carboxylic acids is 1. The Morgan fingerprint density at radius 3 is 2.80 bits per heavy atom. The first-order valence-corrected chi connectivity index (χ1v) is 7.11. The quantitative estimate of drug-likeness (QED) is 0.632. The third-order valence-electron chi connectivity index (χ3n) is 3.73. The van der Waals surface area contributed by atoms with E-state index in [0.29, 0.717) is 19.1 Å². The van der Waals surface area contributed by atoms with Crippen molar-refractivity contribution in [3.63, 3.8) is 0 Å². The number of carboxylic acids is 1. The maximum absolute atomic E-state index is 11.8. The Morgan fingerprint density at radius 2 is 2.20 bits per heavy atom. The van der Waals surface area contributed by atoms with Gasteiger partial charge in [0.25, 0.3) is 0 Å². The molecule has 1 aliphatic heterocycles. The van der Waals surface area contributed by atoms with Crippen molar-refractivity contribution in [1.29, 1.82) is 0 Å². The lowest BCUT2D eigenvalue weighted by atomic mass is 10.1. The minimum Gasteiger partial charge on any atom is -0.481 e. The van der Waals surface area contributed by atoms with Crippen molar-refractivity contribution >= 4 is 12.0 Å². The maximum atomic E-state index is 11.8. The zero-order valence-corrected chi connectivity index (χ0v) is 11.8. The van der Waals surface area contributed by atoms with E-state index in [-0.39, 0.29) is 24.6 Å². The fourth-order valence-electron chi connectivity index (χ4n) is 2.44. The van der Waals surface area contributed by atoms with Crippen LogP contribution >= 0.6 is 0 Å². The van der Waals surface area contributed by atoms with Gasteiger partial charge in [0.2, 0.25) is 0 Å². The van der Waals surface area contributed by atoms with Crippen molar-refractivity contribution in [2.24, 2.45) is 5.92 Å². The molecule has 7 heteroatoms. The van der Waals surface area contributed by atoms with Gasteiger partial charge in [-0.05, 0) is 25.8 Å². The van der Waals surface area contributed by atoms with Crippen LogP contribution in [0.15, 0.2) is 0 Å². The van der Waals surface area contributed by atoms with Crippen molar-refractivity contribution < 1.29 is 19.4 Å². The Labute approximate surface area is 118 Å². The van der Waals surface area contributed by atoms with Gasteiger partial charge >= 0.3 is 12.0 Å². The highest BCUT2D eigenvalue weighted by Crippen LogP contribution is 2.33. The van der Waals surface area contributed by atoms with E-state index in [2.05, 4.69) is 15.5 Å². The number of nitrogens with zero attached hydrogens (tertiary/aromatic N) is 1. The van der Waals surface area contributed by atoms with E-state index in [1.807, 2.05) is 7.05 Å². The van der Waals surface area contributed by atoms with Crippen molar-refractivity contribution in [2.45, 2.75) is 31.4 Å². The van der Waals surface area contributed by atoms with Gasteiger partial charge in [-0.25, -0.2) is 4.79 Å². The number of amides is 2. The number of morpholine rings is 1. The Bertz CT molecular complexity index is 360. The van der Waals surface area contributed by atoms with E-state index in [4.69, 9.17) is 9.84 Å². The van der Waals surface area contributed by atoms with Crippen LogP contribution in [0.4, 0.5) is 4.79 Å². The molecule has 0 aromatic rings. The summed E-state index contributed by atoms with van der Waals surface area (Å²) < 4.78 is 5.55. The molecular weight excluding hydrogens is 262 g/mol. The van der Waals surface area contributed by atoms with Crippen LogP contribution in [0.25, 0.3) is 0 Å². The van der Waals surface area contributed by atoms with Crippen LogP contribution in [-0.2, 0) is 9.53 Å². The molecule has 2 unspecified atom stereocenters. The predicted octanol–water partition coefficient (Wildman–Crippen LogP) is -0.130. The average Bonchev–Trinajstić information content (AvgIpc) is 3.19. The molecule has 20 heavy (non-hydrogen) atoms. The molecule has 7 nitrogen and oxygen atoms in total. The maximum Gasteiger partial charge on any atom is 0.315 e. The first-order chi connectivity index (χ1) is 9.54. The standard InChI is InChI=1S/C13H23N3O4/c1-16-4-5-20-10(8-16)7-14-13(19)15-11(6-12(17)18)9-2-3-9/h9-11H,2-8H2,1H3,(H,17,18)(H2,14,15,19).